The average molecular weight is 490 g/mol. The molecule has 0 atom stereocenters. The van der Waals surface area contributed by atoms with E-state index in [4.69, 9.17) is 13.4 Å². The van der Waals surface area contributed by atoms with Crippen LogP contribution in [0.15, 0.2) is 59.6 Å². The fourth-order valence-corrected chi connectivity index (χ4v) is 3.36. The second kappa shape index (κ2) is 9.26. The van der Waals surface area contributed by atoms with Gasteiger partial charge in [-0.3, -0.25) is 4.79 Å². The van der Waals surface area contributed by atoms with Gasteiger partial charge in [0.25, 0.3) is 11.1 Å². The quantitative estimate of drug-likeness (QED) is 0.352. The summed E-state index contributed by atoms with van der Waals surface area (Å²) in [5, 5.41) is 15.0. The van der Waals surface area contributed by atoms with E-state index in [0.29, 0.717) is 40.8 Å². The van der Waals surface area contributed by atoms with E-state index in [1.54, 1.807) is 12.1 Å². The summed E-state index contributed by atoms with van der Waals surface area (Å²) in [6.07, 6.45) is 2.12. The number of anilines is 1. The first kappa shape index (κ1) is 20.4. The first-order valence-corrected chi connectivity index (χ1v) is 10.7. The number of nitrogens with zero attached hydrogens (tertiary/aromatic N) is 4. The van der Waals surface area contributed by atoms with Crippen LogP contribution in [0, 0.1) is 6.92 Å². The van der Waals surface area contributed by atoms with Crippen molar-refractivity contribution in [2.24, 2.45) is 0 Å². The van der Waals surface area contributed by atoms with E-state index >= 15 is 0 Å². The van der Waals surface area contributed by atoms with Gasteiger partial charge in [0, 0.05) is 23.0 Å². The predicted molar refractivity (Wildman–Crippen MR) is 112 cm³/mol. The minimum absolute atomic E-state index is 0.123. The Hall–Kier alpha value is -2.92. The normalized spacial score (nSPS) is 11.0. The highest BCUT2D eigenvalue weighted by atomic mass is 79.9. The number of carbonyl (C=O) groups excluding carboxylic acids is 1. The predicted octanol–water partition coefficient (Wildman–Crippen LogP) is 4.65. The first-order valence-electron chi connectivity index (χ1n) is 8.94. The van der Waals surface area contributed by atoms with E-state index in [1.807, 2.05) is 25.1 Å². The molecule has 1 aromatic carbocycles. The molecule has 0 saturated carbocycles. The summed E-state index contributed by atoms with van der Waals surface area (Å²) in [4.78, 5) is 16.4. The maximum Gasteiger partial charge on any atom is 0.284 e. The Kier molecular flexibility index (Phi) is 6.29. The van der Waals surface area contributed by atoms with Crippen molar-refractivity contribution in [1.29, 1.82) is 0 Å². The molecule has 0 spiro atoms. The van der Waals surface area contributed by atoms with Gasteiger partial charge in [0.05, 0.1) is 12.0 Å². The van der Waals surface area contributed by atoms with E-state index in [0.717, 1.165) is 15.7 Å². The number of carbonyl (C=O) groups is 1. The van der Waals surface area contributed by atoms with Gasteiger partial charge in [-0.05, 0) is 42.8 Å². The Bertz CT molecular complexity index is 1140. The maximum atomic E-state index is 12.1. The molecule has 0 fully saturated rings. The van der Waals surface area contributed by atoms with Crippen LogP contribution >= 0.6 is 27.7 Å². The molecule has 1 amide bonds. The van der Waals surface area contributed by atoms with Crippen molar-refractivity contribution < 1.29 is 18.2 Å². The minimum atomic E-state index is -0.123. The van der Waals surface area contributed by atoms with Crippen molar-refractivity contribution >= 4 is 39.3 Å². The fourth-order valence-electron chi connectivity index (χ4n) is 2.51. The van der Waals surface area contributed by atoms with E-state index in [2.05, 4.69) is 41.6 Å². The van der Waals surface area contributed by atoms with Gasteiger partial charge in [0.15, 0.2) is 11.6 Å². The molecule has 9 nitrogen and oxygen atoms in total. The molecule has 1 N–H and O–H groups in total. The zero-order valence-electron chi connectivity index (χ0n) is 15.8. The van der Waals surface area contributed by atoms with Crippen molar-refractivity contribution in [1.82, 2.24) is 20.3 Å². The number of furan rings is 1. The summed E-state index contributed by atoms with van der Waals surface area (Å²) < 4.78 is 16.9. The molecule has 0 aliphatic carbocycles. The molecule has 0 saturated heterocycles. The van der Waals surface area contributed by atoms with Gasteiger partial charge in [0.2, 0.25) is 11.8 Å². The number of rotatable bonds is 8. The Morgan fingerprint density at radius 2 is 2.17 bits per heavy atom. The van der Waals surface area contributed by atoms with Crippen LogP contribution < -0.4 is 5.32 Å². The van der Waals surface area contributed by atoms with Gasteiger partial charge in [-0.15, -0.1) is 10.2 Å². The number of amides is 1. The van der Waals surface area contributed by atoms with E-state index in [1.165, 1.54) is 18.0 Å². The van der Waals surface area contributed by atoms with Crippen LogP contribution in [0.5, 0.6) is 0 Å². The standard InChI is InChI=1S/C19H16BrN5O4S/c1-11-9-12(4-5-13(11)20)21-16(26)6-7-17-22-15(25-29-17)10-30-19-24-23-18(28-19)14-3-2-8-27-14/h2-5,8-9H,6-7,10H2,1H3,(H,21,26). The highest BCUT2D eigenvalue weighted by Crippen LogP contribution is 2.25. The topological polar surface area (TPSA) is 120 Å². The summed E-state index contributed by atoms with van der Waals surface area (Å²) in [5.74, 6) is 1.97. The molecule has 0 unspecified atom stereocenters. The summed E-state index contributed by atoms with van der Waals surface area (Å²) in [5.41, 5.74) is 1.79. The number of halogens is 1. The molecule has 30 heavy (non-hydrogen) atoms. The Labute approximate surface area is 183 Å². The Morgan fingerprint density at radius 1 is 1.27 bits per heavy atom. The number of thioether (sulfide) groups is 1. The van der Waals surface area contributed by atoms with Crippen LogP contribution in [0.25, 0.3) is 11.7 Å². The largest absolute Gasteiger partial charge is 0.459 e. The van der Waals surface area contributed by atoms with E-state index < -0.39 is 0 Å². The van der Waals surface area contributed by atoms with Gasteiger partial charge in [-0.25, -0.2) is 0 Å². The lowest BCUT2D eigenvalue weighted by atomic mass is 10.2. The maximum absolute atomic E-state index is 12.1. The summed E-state index contributed by atoms with van der Waals surface area (Å²) >= 11 is 4.72. The van der Waals surface area contributed by atoms with Gasteiger partial charge in [0.1, 0.15) is 0 Å². The lowest BCUT2D eigenvalue weighted by Crippen LogP contribution is -2.12. The van der Waals surface area contributed by atoms with Gasteiger partial charge >= 0.3 is 0 Å². The fraction of sp³-hybridized carbons (Fsp3) is 0.211. The molecule has 0 aliphatic heterocycles. The third-order valence-electron chi connectivity index (χ3n) is 3.98. The molecule has 0 aliphatic rings. The first-order chi connectivity index (χ1) is 14.6. The van der Waals surface area contributed by atoms with Crippen LogP contribution in [0.3, 0.4) is 0 Å². The molecular weight excluding hydrogens is 474 g/mol. The van der Waals surface area contributed by atoms with Gasteiger partial charge in [-0.2, -0.15) is 4.98 Å². The van der Waals surface area contributed by atoms with E-state index in [9.17, 15) is 4.79 Å². The van der Waals surface area contributed by atoms with Crippen LogP contribution in [0.1, 0.15) is 23.7 Å². The van der Waals surface area contributed by atoms with Crippen molar-refractivity contribution in [3.05, 3.63) is 58.3 Å². The number of benzene rings is 1. The molecule has 11 heteroatoms. The number of nitrogens with one attached hydrogen (secondary N) is 1. The van der Waals surface area contributed by atoms with Crippen molar-refractivity contribution in [3.8, 4) is 11.7 Å². The third-order valence-corrected chi connectivity index (χ3v) is 5.69. The number of hydrogen-bond donors (Lipinski definition) is 1. The van der Waals surface area contributed by atoms with Crippen molar-refractivity contribution in [3.63, 3.8) is 0 Å². The highest BCUT2D eigenvalue weighted by Gasteiger charge is 2.14. The number of hydrogen-bond acceptors (Lipinski definition) is 9. The average Bonchev–Trinajstić information content (AvgIpc) is 3.49. The van der Waals surface area contributed by atoms with E-state index in [-0.39, 0.29) is 12.3 Å². The second-order valence-electron chi connectivity index (χ2n) is 6.26. The summed E-state index contributed by atoms with van der Waals surface area (Å²) in [6, 6.07) is 9.12. The Morgan fingerprint density at radius 3 is 2.97 bits per heavy atom. The Balaban J connectivity index is 1.25. The van der Waals surface area contributed by atoms with Crippen molar-refractivity contribution in [2.45, 2.75) is 30.7 Å². The molecule has 4 aromatic rings. The smallest absolute Gasteiger partial charge is 0.284 e. The highest BCUT2D eigenvalue weighted by molar-refractivity contribution is 9.10. The lowest BCUT2D eigenvalue weighted by molar-refractivity contribution is -0.116. The number of aryl methyl sites for hydroxylation is 2. The van der Waals surface area contributed by atoms with Gasteiger partial charge < -0.3 is 18.7 Å². The summed E-state index contributed by atoms with van der Waals surface area (Å²) in [6.45, 7) is 1.96. The summed E-state index contributed by atoms with van der Waals surface area (Å²) in [7, 11) is 0. The van der Waals surface area contributed by atoms with Crippen LogP contribution in [-0.4, -0.2) is 26.2 Å². The van der Waals surface area contributed by atoms with Crippen LogP contribution in [0.4, 0.5) is 5.69 Å². The minimum Gasteiger partial charge on any atom is -0.459 e. The third kappa shape index (κ3) is 5.16. The van der Waals surface area contributed by atoms with Crippen molar-refractivity contribution in [2.75, 3.05) is 5.32 Å². The number of aromatic nitrogens is 4. The zero-order valence-corrected chi connectivity index (χ0v) is 18.2. The zero-order chi connectivity index (χ0) is 20.9. The molecule has 0 radical (unpaired) electrons. The molecule has 4 rings (SSSR count). The second-order valence-corrected chi connectivity index (χ2v) is 8.04. The molecular formula is C19H16BrN5O4S. The molecule has 154 valence electrons. The lowest BCUT2D eigenvalue weighted by Gasteiger charge is -2.06. The molecule has 3 aromatic heterocycles. The monoisotopic (exact) mass is 489 g/mol. The van der Waals surface area contributed by atoms with Crippen LogP contribution in [-0.2, 0) is 17.0 Å². The van der Waals surface area contributed by atoms with Crippen LogP contribution in [0.2, 0.25) is 0 Å². The SMILES string of the molecule is Cc1cc(NC(=O)CCc2nc(CSc3nnc(-c4ccco4)o3)no2)ccc1Br. The van der Waals surface area contributed by atoms with Gasteiger partial charge in [-0.1, -0.05) is 32.8 Å². The molecule has 3 heterocycles. The molecule has 0 bridgehead atoms.